The molecular weight excluding hydrogens is 350 g/mol. The minimum absolute atomic E-state index is 0.245. The molecule has 0 aliphatic rings. The van der Waals surface area contributed by atoms with Crippen LogP contribution >= 0.6 is 0 Å². The number of aromatic nitrogens is 4. The van der Waals surface area contributed by atoms with Crippen LogP contribution in [0.15, 0.2) is 64.6 Å². The van der Waals surface area contributed by atoms with Crippen molar-refractivity contribution in [2.24, 2.45) is 5.10 Å². The molecule has 0 saturated heterocycles. The monoisotopic (exact) mass is 363 g/mol. The van der Waals surface area contributed by atoms with Crippen molar-refractivity contribution < 1.29 is 9.34 Å². The first-order valence-electron chi connectivity index (χ1n) is 7.94. The van der Waals surface area contributed by atoms with Gasteiger partial charge in [-0.3, -0.25) is 15.5 Å². The van der Waals surface area contributed by atoms with Gasteiger partial charge in [0.25, 0.3) is 0 Å². The molecule has 0 fully saturated rings. The van der Waals surface area contributed by atoms with Crippen molar-refractivity contribution in [1.82, 2.24) is 19.5 Å². The Morgan fingerprint density at radius 2 is 2.04 bits per heavy atom. The molecule has 0 aliphatic carbocycles. The number of hydrazone groups is 1. The van der Waals surface area contributed by atoms with Crippen LogP contribution in [0.1, 0.15) is 11.3 Å². The summed E-state index contributed by atoms with van der Waals surface area (Å²) in [5.74, 6) is 0.318. The number of imidazole rings is 1. The first kappa shape index (κ1) is 16.4. The third kappa shape index (κ3) is 3.49. The van der Waals surface area contributed by atoms with E-state index in [-0.39, 0.29) is 11.6 Å². The zero-order valence-corrected chi connectivity index (χ0v) is 13.9. The number of anilines is 1. The van der Waals surface area contributed by atoms with Crippen molar-refractivity contribution in [2.75, 3.05) is 5.43 Å². The van der Waals surface area contributed by atoms with Gasteiger partial charge in [-0.25, -0.2) is 15.0 Å². The minimum Gasteiger partial charge on any atom is -0.400 e. The molecule has 1 N–H and O–H groups in total. The number of rotatable bonds is 6. The Kier molecular flexibility index (Phi) is 4.27. The first-order valence-corrected chi connectivity index (χ1v) is 7.94. The summed E-state index contributed by atoms with van der Waals surface area (Å²) >= 11 is 0. The van der Waals surface area contributed by atoms with Crippen molar-refractivity contribution in [3.8, 4) is 0 Å². The van der Waals surface area contributed by atoms with E-state index in [1.54, 1.807) is 6.33 Å². The third-order valence-corrected chi connectivity index (χ3v) is 3.75. The summed E-state index contributed by atoms with van der Waals surface area (Å²) in [6, 6.07) is 12.7. The Balaban J connectivity index is 1.54. The largest absolute Gasteiger partial charge is 0.433 e. The van der Waals surface area contributed by atoms with Gasteiger partial charge in [-0.1, -0.05) is 30.3 Å². The van der Waals surface area contributed by atoms with Gasteiger partial charge in [0.1, 0.15) is 11.3 Å². The number of nitro groups is 1. The minimum atomic E-state index is -0.613. The quantitative estimate of drug-likeness (QED) is 0.317. The summed E-state index contributed by atoms with van der Waals surface area (Å²) in [6.45, 7) is 0.632. The lowest BCUT2D eigenvalue weighted by atomic mass is 10.2. The van der Waals surface area contributed by atoms with Gasteiger partial charge in [0.2, 0.25) is 0 Å². The predicted octanol–water partition coefficient (Wildman–Crippen LogP) is 2.82. The molecule has 10 heteroatoms. The van der Waals surface area contributed by atoms with Gasteiger partial charge in [0.05, 0.1) is 25.2 Å². The lowest BCUT2D eigenvalue weighted by molar-refractivity contribution is -0.402. The standard InChI is InChI=1S/C17H13N7O3/c25-24(26)14-7-6-13(27-14)8-21-22-16-15-17(19-10-18-16)23(11-20-15)9-12-4-2-1-3-5-12/h1-8,10-11H,9H2,(H,18,19,22). The fourth-order valence-electron chi connectivity index (χ4n) is 2.53. The van der Waals surface area contributed by atoms with E-state index in [4.69, 9.17) is 4.42 Å². The molecule has 4 rings (SSSR count). The summed E-state index contributed by atoms with van der Waals surface area (Å²) in [7, 11) is 0. The SMILES string of the molecule is O=[N+]([O-])c1ccc(C=NNc2ncnc3c2ncn3Cc2ccccc2)o1. The van der Waals surface area contributed by atoms with E-state index in [2.05, 4.69) is 25.5 Å². The van der Waals surface area contributed by atoms with Crippen LogP contribution in [-0.2, 0) is 6.54 Å². The number of fused-ring (bicyclic) bond motifs is 1. The Bertz CT molecular complexity index is 1120. The molecule has 3 heterocycles. The molecule has 0 radical (unpaired) electrons. The predicted molar refractivity (Wildman–Crippen MR) is 97.4 cm³/mol. The normalized spacial score (nSPS) is 11.3. The molecule has 0 amide bonds. The molecule has 0 atom stereocenters. The number of furan rings is 1. The van der Waals surface area contributed by atoms with E-state index >= 15 is 0 Å². The highest BCUT2D eigenvalue weighted by Crippen LogP contribution is 2.19. The smallest absolute Gasteiger partial charge is 0.400 e. The second kappa shape index (κ2) is 7.04. The maximum absolute atomic E-state index is 10.6. The topological polar surface area (TPSA) is 124 Å². The van der Waals surface area contributed by atoms with E-state index < -0.39 is 4.92 Å². The van der Waals surface area contributed by atoms with Crippen LogP contribution in [0.2, 0.25) is 0 Å². The second-order valence-electron chi connectivity index (χ2n) is 5.56. The third-order valence-electron chi connectivity index (χ3n) is 3.75. The van der Waals surface area contributed by atoms with Crippen molar-refractivity contribution in [2.45, 2.75) is 6.54 Å². The summed E-state index contributed by atoms with van der Waals surface area (Å²) in [6.07, 6.45) is 4.43. The lowest BCUT2D eigenvalue weighted by Crippen LogP contribution is -2.00. The van der Waals surface area contributed by atoms with E-state index in [9.17, 15) is 10.1 Å². The zero-order chi connectivity index (χ0) is 18.6. The average Bonchev–Trinajstić information content (AvgIpc) is 3.31. The lowest BCUT2D eigenvalue weighted by Gasteiger charge is -2.04. The summed E-state index contributed by atoms with van der Waals surface area (Å²) in [4.78, 5) is 22.8. The van der Waals surface area contributed by atoms with E-state index in [1.165, 1.54) is 24.7 Å². The summed E-state index contributed by atoms with van der Waals surface area (Å²) in [5, 5.41) is 14.6. The molecule has 0 bridgehead atoms. The van der Waals surface area contributed by atoms with Crippen LogP contribution in [0.5, 0.6) is 0 Å². The van der Waals surface area contributed by atoms with Gasteiger partial charge >= 0.3 is 5.88 Å². The fourth-order valence-corrected chi connectivity index (χ4v) is 2.53. The van der Waals surface area contributed by atoms with Crippen molar-refractivity contribution in [1.29, 1.82) is 0 Å². The Hall–Kier alpha value is -4.08. The maximum Gasteiger partial charge on any atom is 0.433 e. The molecule has 1 aromatic carbocycles. The van der Waals surface area contributed by atoms with E-state index in [1.807, 2.05) is 34.9 Å². The molecule has 0 saturated carbocycles. The van der Waals surface area contributed by atoms with Gasteiger partial charge in [-0.15, -0.1) is 0 Å². The van der Waals surface area contributed by atoms with E-state index in [0.717, 1.165) is 5.56 Å². The molecule has 4 aromatic rings. The first-order chi connectivity index (χ1) is 13.2. The molecule has 0 spiro atoms. The number of nitrogens with one attached hydrogen (secondary N) is 1. The van der Waals surface area contributed by atoms with Crippen LogP contribution in [0.4, 0.5) is 11.7 Å². The number of hydrogen-bond donors (Lipinski definition) is 1. The number of hydrogen-bond acceptors (Lipinski definition) is 8. The van der Waals surface area contributed by atoms with Crippen molar-refractivity contribution >= 4 is 29.1 Å². The highest BCUT2D eigenvalue weighted by molar-refractivity contribution is 5.84. The fraction of sp³-hybridized carbons (Fsp3) is 0.0588. The highest BCUT2D eigenvalue weighted by atomic mass is 16.6. The zero-order valence-electron chi connectivity index (χ0n) is 13.9. The molecule has 0 aliphatic heterocycles. The molecule has 10 nitrogen and oxygen atoms in total. The average molecular weight is 363 g/mol. The summed E-state index contributed by atoms with van der Waals surface area (Å²) < 4.78 is 6.91. The van der Waals surface area contributed by atoms with Gasteiger partial charge in [-0.2, -0.15) is 5.10 Å². The van der Waals surface area contributed by atoms with E-state index in [0.29, 0.717) is 23.5 Å². The molecule has 27 heavy (non-hydrogen) atoms. The van der Waals surface area contributed by atoms with Gasteiger partial charge < -0.3 is 8.98 Å². The van der Waals surface area contributed by atoms with Crippen LogP contribution in [0.3, 0.4) is 0 Å². The number of nitrogens with zero attached hydrogens (tertiary/aromatic N) is 6. The molecular formula is C17H13N7O3. The van der Waals surface area contributed by atoms with Gasteiger partial charge in [-0.05, 0) is 11.6 Å². The van der Waals surface area contributed by atoms with Crippen LogP contribution in [0.25, 0.3) is 11.2 Å². The summed E-state index contributed by atoms with van der Waals surface area (Å²) in [5.41, 5.74) is 5.12. The van der Waals surface area contributed by atoms with Crippen LogP contribution in [0, 0.1) is 10.1 Å². The van der Waals surface area contributed by atoms with Crippen LogP contribution < -0.4 is 5.43 Å². The Morgan fingerprint density at radius 3 is 2.81 bits per heavy atom. The Labute approximate surface area is 152 Å². The second-order valence-corrected chi connectivity index (χ2v) is 5.56. The molecule has 3 aromatic heterocycles. The maximum atomic E-state index is 10.6. The Morgan fingerprint density at radius 1 is 1.19 bits per heavy atom. The van der Waals surface area contributed by atoms with Crippen LogP contribution in [-0.4, -0.2) is 30.7 Å². The van der Waals surface area contributed by atoms with Crippen molar-refractivity contribution in [3.05, 3.63) is 76.6 Å². The number of benzene rings is 1. The molecule has 0 unspecified atom stereocenters. The van der Waals surface area contributed by atoms with Gasteiger partial charge in [0.15, 0.2) is 22.7 Å². The molecule has 134 valence electrons. The highest BCUT2D eigenvalue weighted by Gasteiger charge is 2.11. The van der Waals surface area contributed by atoms with Crippen molar-refractivity contribution in [3.63, 3.8) is 0 Å². The van der Waals surface area contributed by atoms with Gasteiger partial charge in [0, 0.05) is 0 Å².